The topological polar surface area (TPSA) is 111 Å². The zero-order valence-corrected chi connectivity index (χ0v) is 20.1. The summed E-state index contributed by atoms with van der Waals surface area (Å²) < 4.78 is 15.6. The number of esters is 1. The molecule has 3 aromatic rings. The Kier molecular flexibility index (Phi) is 6.83. The highest BCUT2D eigenvalue weighted by Gasteiger charge is 2.35. The second-order valence-electron chi connectivity index (χ2n) is 7.44. The maximum Gasteiger partial charge on any atom is 0.341 e. The Morgan fingerprint density at radius 1 is 0.943 bits per heavy atom. The molecule has 180 valence electrons. The number of ether oxygens (including phenoxy) is 3. The van der Waals surface area contributed by atoms with E-state index in [4.69, 9.17) is 14.2 Å². The number of nitrogens with one attached hydrogen (secondary N) is 1. The predicted molar refractivity (Wildman–Crippen MR) is 128 cm³/mol. The van der Waals surface area contributed by atoms with Crippen LogP contribution in [0.5, 0.6) is 11.5 Å². The van der Waals surface area contributed by atoms with E-state index in [1.807, 2.05) is 0 Å². The largest absolute Gasteiger partial charge is 0.493 e. The van der Waals surface area contributed by atoms with Gasteiger partial charge in [-0.25, -0.2) is 4.79 Å². The zero-order chi connectivity index (χ0) is 25.1. The third-order valence-corrected chi connectivity index (χ3v) is 6.38. The smallest absolute Gasteiger partial charge is 0.341 e. The SMILES string of the molecule is CCOC(=O)c1cc(CN2C(=O)c3ccccc3C2=O)sc1NC(=O)c1ccc(OC)c(OC)c1. The van der Waals surface area contributed by atoms with Crippen LogP contribution in [0.4, 0.5) is 5.00 Å². The molecule has 0 fully saturated rings. The fourth-order valence-corrected chi connectivity index (χ4v) is 4.69. The van der Waals surface area contributed by atoms with Crippen LogP contribution in [-0.4, -0.2) is 49.4 Å². The van der Waals surface area contributed by atoms with Gasteiger partial charge in [-0.05, 0) is 43.3 Å². The van der Waals surface area contributed by atoms with Crippen molar-refractivity contribution in [1.29, 1.82) is 0 Å². The molecule has 1 N–H and O–H groups in total. The van der Waals surface area contributed by atoms with E-state index in [0.29, 0.717) is 27.5 Å². The third kappa shape index (κ3) is 4.60. The number of carbonyl (C=O) groups excluding carboxylic acids is 4. The van der Waals surface area contributed by atoms with Crippen molar-refractivity contribution in [3.63, 3.8) is 0 Å². The molecule has 0 saturated heterocycles. The van der Waals surface area contributed by atoms with E-state index in [2.05, 4.69) is 5.32 Å². The number of nitrogens with zero attached hydrogens (tertiary/aromatic N) is 1. The van der Waals surface area contributed by atoms with E-state index in [1.165, 1.54) is 26.4 Å². The minimum atomic E-state index is -0.625. The summed E-state index contributed by atoms with van der Waals surface area (Å²) in [7, 11) is 2.95. The van der Waals surface area contributed by atoms with Crippen LogP contribution in [0.25, 0.3) is 0 Å². The molecule has 2 heterocycles. The average Bonchev–Trinajstić information content (AvgIpc) is 3.38. The number of carbonyl (C=O) groups is 4. The lowest BCUT2D eigenvalue weighted by molar-refractivity contribution is 0.0527. The Morgan fingerprint density at radius 2 is 1.60 bits per heavy atom. The molecule has 1 aliphatic heterocycles. The van der Waals surface area contributed by atoms with E-state index in [0.717, 1.165) is 16.2 Å². The van der Waals surface area contributed by atoms with Gasteiger partial charge in [-0.3, -0.25) is 19.3 Å². The van der Waals surface area contributed by atoms with Crippen molar-refractivity contribution in [2.45, 2.75) is 13.5 Å². The first-order chi connectivity index (χ1) is 16.9. The van der Waals surface area contributed by atoms with Crippen LogP contribution in [-0.2, 0) is 11.3 Å². The summed E-state index contributed by atoms with van der Waals surface area (Å²) in [4.78, 5) is 52.7. The van der Waals surface area contributed by atoms with Gasteiger partial charge in [-0.15, -0.1) is 11.3 Å². The lowest BCUT2D eigenvalue weighted by Crippen LogP contribution is -2.28. The highest BCUT2D eigenvalue weighted by atomic mass is 32.1. The molecular weight excluding hydrogens is 472 g/mol. The summed E-state index contributed by atoms with van der Waals surface area (Å²) >= 11 is 1.09. The van der Waals surface area contributed by atoms with Crippen LogP contribution >= 0.6 is 11.3 Å². The standard InChI is InChI=1S/C25H22N2O7S/c1-4-34-25(31)18-12-15(13-27-23(29)16-7-5-6-8-17(16)24(27)30)35-22(18)26-21(28)14-9-10-19(32-2)20(11-14)33-3/h5-12H,4,13H2,1-3H3,(H,26,28). The molecule has 35 heavy (non-hydrogen) atoms. The second-order valence-corrected chi connectivity index (χ2v) is 8.58. The fourth-order valence-electron chi connectivity index (χ4n) is 3.66. The molecule has 10 heteroatoms. The molecule has 2 aromatic carbocycles. The number of fused-ring (bicyclic) bond motifs is 1. The van der Waals surface area contributed by atoms with E-state index < -0.39 is 23.7 Å². The maximum atomic E-state index is 12.9. The Hall–Kier alpha value is -4.18. The summed E-state index contributed by atoms with van der Waals surface area (Å²) in [5.41, 5.74) is 1.09. The highest BCUT2D eigenvalue weighted by Crippen LogP contribution is 2.33. The van der Waals surface area contributed by atoms with Crippen LogP contribution in [0.1, 0.15) is 53.2 Å². The normalized spacial score (nSPS) is 12.4. The van der Waals surface area contributed by atoms with Crippen LogP contribution in [0.2, 0.25) is 0 Å². The summed E-state index contributed by atoms with van der Waals surface area (Å²) in [6.45, 7) is 1.77. The van der Waals surface area contributed by atoms with Crippen LogP contribution in [0, 0.1) is 0 Å². The molecule has 1 aromatic heterocycles. The number of thiophene rings is 1. The predicted octanol–water partition coefficient (Wildman–Crippen LogP) is 3.99. The molecule has 0 radical (unpaired) electrons. The lowest BCUT2D eigenvalue weighted by atomic mass is 10.1. The van der Waals surface area contributed by atoms with Gasteiger partial charge in [-0.2, -0.15) is 0 Å². The highest BCUT2D eigenvalue weighted by molar-refractivity contribution is 7.16. The van der Waals surface area contributed by atoms with Gasteiger partial charge in [0.25, 0.3) is 17.7 Å². The number of rotatable bonds is 8. The average molecular weight is 495 g/mol. The number of imide groups is 1. The van der Waals surface area contributed by atoms with Crippen LogP contribution in [0.3, 0.4) is 0 Å². The Labute approximate surface area is 205 Å². The van der Waals surface area contributed by atoms with Crippen molar-refractivity contribution in [3.05, 3.63) is 75.7 Å². The summed E-state index contributed by atoms with van der Waals surface area (Å²) in [6, 6.07) is 12.8. The van der Waals surface area contributed by atoms with E-state index in [-0.39, 0.29) is 29.3 Å². The molecule has 0 bridgehead atoms. The molecule has 9 nitrogen and oxygen atoms in total. The molecule has 0 atom stereocenters. The fraction of sp³-hybridized carbons (Fsp3) is 0.200. The van der Waals surface area contributed by atoms with E-state index >= 15 is 0 Å². The van der Waals surface area contributed by atoms with Crippen molar-refractivity contribution < 1.29 is 33.4 Å². The van der Waals surface area contributed by atoms with Crippen molar-refractivity contribution >= 4 is 40.0 Å². The molecule has 0 aliphatic carbocycles. The van der Waals surface area contributed by atoms with Gasteiger partial charge in [0.1, 0.15) is 5.00 Å². The number of anilines is 1. The molecule has 3 amide bonds. The van der Waals surface area contributed by atoms with Gasteiger partial charge in [0, 0.05) is 10.4 Å². The first-order valence-electron chi connectivity index (χ1n) is 10.7. The Balaban J connectivity index is 1.61. The van der Waals surface area contributed by atoms with Crippen LogP contribution < -0.4 is 14.8 Å². The molecular formula is C25H22N2O7S. The van der Waals surface area contributed by atoms with Gasteiger partial charge in [0.15, 0.2) is 11.5 Å². The van der Waals surface area contributed by atoms with Crippen molar-refractivity contribution in [3.8, 4) is 11.5 Å². The van der Waals surface area contributed by atoms with E-state index in [1.54, 1.807) is 43.3 Å². The molecule has 0 unspecified atom stereocenters. The van der Waals surface area contributed by atoms with Gasteiger partial charge in [0.2, 0.25) is 0 Å². The monoisotopic (exact) mass is 494 g/mol. The van der Waals surface area contributed by atoms with Gasteiger partial charge in [0.05, 0.1) is 44.1 Å². The Morgan fingerprint density at radius 3 is 2.20 bits per heavy atom. The number of hydrogen-bond acceptors (Lipinski definition) is 8. The molecule has 4 rings (SSSR count). The van der Waals surface area contributed by atoms with Gasteiger partial charge in [-0.1, -0.05) is 12.1 Å². The molecule has 1 aliphatic rings. The maximum absolute atomic E-state index is 12.9. The zero-order valence-electron chi connectivity index (χ0n) is 19.2. The number of methoxy groups -OCH3 is 2. The van der Waals surface area contributed by atoms with Gasteiger partial charge < -0.3 is 19.5 Å². The second kappa shape index (κ2) is 9.98. The molecule has 0 spiro atoms. The van der Waals surface area contributed by atoms with Crippen molar-refractivity contribution in [1.82, 2.24) is 4.90 Å². The van der Waals surface area contributed by atoms with E-state index in [9.17, 15) is 19.2 Å². The minimum Gasteiger partial charge on any atom is -0.493 e. The van der Waals surface area contributed by atoms with Crippen molar-refractivity contribution in [2.75, 3.05) is 26.1 Å². The number of benzene rings is 2. The summed E-state index contributed by atoms with van der Waals surface area (Å²) in [5, 5.41) is 2.98. The quantitative estimate of drug-likeness (QED) is 0.372. The third-order valence-electron chi connectivity index (χ3n) is 5.34. The lowest BCUT2D eigenvalue weighted by Gasteiger charge is -2.12. The van der Waals surface area contributed by atoms with Gasteiger partial charge >= 0.3 is 5.97 Å². The first-order valence-corrected chi connectivity index (χ1v) is 11.5. The first kappa shape index (κ1) is 24.0. The van der Waals surface area contributed by atoms with Crippen LogP contribution in [0.15, 0.2) is 48.5 Å². The number of hydrogen-bond donors (Lipinski definition) is 1. The Bertz CT molecular complexity index is 1300. The summed E-state index contributed by atoms with van der Waals surface area (Å²) in [5.74, 6) is -1.08. The molecule has 0 saturated carbocycles. The summed E-state index contributed by atoms with van der Waals surface area (Å²) in [6.07, 6.45) is 0. The minimum absolute atomic E-state index is 0.0460. The number of amides is 3. The van der Waals surface area contributed by atoms with Crippen molar-refractivity contribution in [2.24, 2.45) is 0 Å².